The second-order valence-electron chi connectivity index (χ2n) is 14.3. The zero-order valence-electron chi connectivity index (χ0n) is 30.3. The van der Waals surface area contributed by atoms with Gasteiger partial charge in [-0.05, 0) is 53.1 Å². The van der Waals surface area contributed by atoms with E-state index in [1.807, 2.05) is 83.3 Å². The predicted octanol–water partition coefficient (Wildman–Crippen LogP) is 14.8. The average Bonchev–Trinajstić information content (AvgIpc) is 3.98. The first-order valence-corrected chi connectivity index (χ1v) is 20.6. The fourth-order valence-corrected chi connectivity index (χ4v) is 10.7. The molecule has 0 saturated carbocycles. The van der Waals surface area contributed by atoms with E-state index in [4.69, 9.17) is 19.4 Å². The van der Waals surface area contributed by atoms with E-state index < -0.39 is 0 Å². The first-order valence-electron chi connectivity index (χ1n) is 18.9. The maximum Gasteiger partial charge on any atom is 0.167 e. The molecule has 6 heteroatoms. The van der Waals surface area contributed by atoms with E-state index in [9.17, 15) is 0 Å². The first kappa shape index (κ1) is 32.3. The van der Waals surface area contributed by atoms with Gasteiger partial charge in [0, 0.05) is 67.8 Å². The van der Waals surface area contributed by atoms with E-state index in [1.165, 1.54) is 57.0 Å². The normalized spacial score (nSPS) is 11.9. The predicted molar refractivity (Wildman–Crippen MR) is 240 cm³/mol. The number of thiophene rings is 2. The van der Waals surface area contributed by atoms with Crippen LogP contribution in [0.5, 0.6) is 0 Å². The highest BCUT2D eigenvalue weighted by molar-refractivity contribution is 7.26. The molecule has 0 bridgehead atoms. The Kier molecular flexibility index (Phi) is 7.24. The van der Waals surface area contributed by atoms with Crippen LogP contribution in [0.15, 0.2) is 180 Å². The van der Waals surface area contributed by atoms with Crippen LogP contribution in [0.1, 0.15) is 0 Å². The van der Waals surface area contributed by atoms with Crippen molar-refractivity contribution in [1.82, 2.24) is 15.0 Å². The molecule has 0 spiro atoms. The molecule has 0 unspecified atom stereocenters. The average molecular weight is 764 g/mol. The lowest BCUT2D eigenvalue weighted by molar-refractivity contribution is 0.669. The second-order valence-corrected chi connectivity index (χ2v) is 16.4. The van der Waals surface area contributed by atoms with Gasteiger partial charge in [0.25, 0.3) is 0 Å². The molecule has 0 fully saturated rings. The lowest BCUT2D eigenvalue weighted by atomic mass is 9.92. The molecule has 4 nitrogen and oxygen atoms in total. The molecular formula is C51H29N3OS2. The third kappa shape index (κ3) is 5.15. The van der Waals surface area contributed by atoms with Gasteiger partial charge in [0.1, 0.15) is 11.2 Å². The maximum atomic E-state index is 6.83. The Morgan fingerprint density at radius 1 is 0.351 bits per heavy atom. The van der Waals surface area contributed by atoms with Crippen LogP contribution in [0.4, 0.5) is 0 Å². The first-order chi connectivity index (χ1) is 28.2. The Hall–Kier alpha value is -6.99. The number of para-hydroxylation sites is 1. The van der Waals surface area contributed by atoms with Crippen LogP contribution >= 0.6 is 22.7 Å². The van der Waals surface area contributed by atoms with Crippen molar-refractivity contribution in [2.75, 3.05) is 0 Å². The maximum absolute atomic E-state index is 6.83. The summed E-state index contributed by atoms with van der Waals surface area (Å²) in [7, 11) is 0. The minimum absolute atomic E-state index is 0.570. The van der Waals surface area contributed by atoms with E-state index >= 15 is 0 Å². The lowest BCUT2D eigenvalue weighted by Crippen LogP contribution is -2.00. The third-order valence-corrected chi connectivity index (χ3v) is 13.3. The van der Waals surface area contributed by atoms with Crippen molar-refractivity contribution >= 4 is 85.0 Å². The molecule has 0 amide bonds. The van der Waals surface area contributed by atoms with Gasteiger partial charge in [-0.2, -0.15) is 0 Å². The molecule has 0 radical (unpaired) electrons. The number of fused-ring (bicyclic) bond motifs is 9. The number of benzene rings is 8. The monoisotopic (exact) mass is 763 g/mol. The van der Waals surface area contributed by atoms with Gasteiger partial charge in [-0.15, -0.1) is 22.7 Å². The molecule has 8 aromatic carbocycles. The topological polar surface area (TPSA) is 51.8 Å². The summed E-state index contributed by atoms with van der Waals surface area (Å²) < 4.78 is 12.0. The van der Waals surface area contributed by atoms with Crippen LogP contribution in [0.2, 0.25) is 0 Å². The smallest absolute Gasteiger partial charge is 0.167 e. The molecule has 0 N–H and O–H groups in total. The molecule has 266 valence electrons. The Morgan fingerprint density at radius 2 is 0.947 bits per heavy atom. The van der Waals surface area contributed by atoms with E-state index in [0.29, 0.717) is 17.5 Å². The van der Waals surface area contributed by atoms with Gasteiger partial charge in [0.2, 0.25) is 0 Å². The molecular weight excluding hydrogens is 735 g/mol. The molecule has 12 rings (SSSR count). The number of hydrogen-bond donors (Lipinski definition) is 0. The summed E-state index contributed by atoms with van der Waals surface area (Å²) in [6.45, 7) is 0. The van der Waals surface area contributed by atoms with Gasteiger partial charge in [-0.1, -0.05) is 140 Å². The van der Waals surface area contributed by atoms with Crippen LogP contribution in [-0.4, -0.2) is 15.0 Å². The van der Waals surface area contributed by atoms with Crippen molar-refractivity contribution in [3.05, 3.63) is 176 Å². The van der Waals surface area contributed by atoms with E-state index in [0.717, 1.165) is 44.2 Å². The van der Waals surface area contributed by atoms with E-state index in [2.05, 4.69) is 115 Å². The van der Waals surface area contributed by atoms with Crippen LogP contribution in [0, 0.1) is 0 Å². The fraction of sp³-hybridized carbons (Fsp3) is 0. The Balaban J connectivity index is 1.07. The molecule has 57 heavy (non-hydrogen) atoms. The van der Waals surface area contributed by atoms with Crippen molar-refractivity contribution in [3.8, 4) is 56.4 Å². The van der Waals surface area contributed by atoms with Gasteiger partial charge in [0.15, 0.2) is 17.5 Å². The lowest BCUT2D eigenvalue weighted by Gasteiger charge is -2.11. The number of aromatic nitrogens is 3. The number of nitrogens with zero attached hydrogens (tertiary/aromatic N) is 3. The molecule has 0 aliphatic rings. The van der Waals surface area contributed by atoms with Crippen LogP contribution in [0.3, 0.4) is 0 Å². The standard InChI is InChI=1S/C51H29N3OS2/c1-3-13-30(14-4-1)49-52-50(31-15-5-2-6-16-31)54-51(53-49)39-21-11-20-38-45-35(19-12-22-41(45)55-47(38)39)36-27-26-33(46-37-18-8-10-24-43(37)57-48(36)46)32-25-28-44-40(29-32)34-17-7-9-23-42(34)56-44/h1-29H. The van der Waals surface area contributed by atoms with Crippen LogP contribution in [0.25, 0.3) is 119 Å². The summed E-state index contributed by atoms with van der Waals surface area (Å²) in [6, 6.07) is 62.0. The van der Waals surface area contributed by atoms with Gasteiger partial charge >= 0.3 is 0 Å². The summed E-state index contributed by atoms with van der Waals surface area (Å²) in [6.07, 6.45) is 0. The molecule has 4 heterocycles. The summed E-state index contributed by atoms with van der Waals surface area (Å²) >= 11 is 3.72. The van der Waals surface area contributed by atoms with Crippen molar-refractivity contribution in [1.29, 1.82) is 0 Å². The molecule has 0 aliphatic heterocycles. The van der Waals surface area contributed by atoms with Crippen molar-refractivity contribution in [2.24, 2.45) is 0 Å². The van der Waals surface area contributed by atoms with Crippen molar-refractivity contribution in [2.45, 2.75) is 0 Å². The zero-order chi connectivity index (χ0) is 37.5. The molecule has 4 aromatic heterocycles. The van der Waals surface area contributed by atoms with E-state index in [-0.39, 0.29) is 0 Å². The fourth-order valence-electron chi connectivity index (χ4n) is 8.35. The quantitative estimate of drug-likeness (QED) is 0.175. The van der Waals surface area contributed by atoms with Crippen molar-refractivity contribution < 1.29 is 4.42 Å². The SMILES string of the molecule is c1ccc(-c2nc(-c3ccccc3)nc(-c3cccc4c3oc3cccc(-c5ccc(-c6ccc7sc8ccccc8c7c6)c6c5sc5ccccc56)c34)n2)cc1. The minimum Gasteiger partial charge on any atom is -0.455 e. The van der Waals surface area contributed by atoms with Gasteiger partial charge in [-0.25, -0.2) is 15.0 Å². The number of hydrogen-bond acceptors (Lipinski definition) is 6. The third-order valence-electron chi connectivity index (χ3n) is 11.0. The highest BCUT2D eigenvalue weighted by Gasteiger charge is 2.22. The van der Waals surface area contributed by atoms with Crippen molar-refractivity contribution in [3.63, 3.8) is 0 Å². The number of rotatable bonds is 5. The van der Waals surface area contributed by atoms with Gasteiger partial charge in [0.05, 0.1) is 5.56 Å². The molecule has 0 aliphatic carbocycles. The molecule has 0 saturated heterocycles. The number of furan rings is 1. The second kappa shape index (κ2) is 12.8. The minimum atomic E-state index is 0.570. The van der Waals surface area contributed by atoms with Gasteiger partial charge in [-0.3, -0.25) is 0 Å². The Bertz CT molecular complexity index is 3470. The molecule has 12 aromatic rings. The summed E-state index contributed by atoms with van der Waals surface area (Å²) in [5.41, 5.74) is 9.05. The Morgan fingerprint density at radius 3 is 1.72 bits per heavy atom. The Labute approximate surface area is 335 Å². The largest absolute Gasteiger partial charge is 0.455 e. The van der Waals surface area contributed by atoms with Gasteiger partial charge < -0.3 is 4.42 Å². The zero-order valence-corrected chi connectivity index (χ0v) is 31.9. The van der Waals surface area contributed by atoms with Crippen LogP contribution < -0.4 is 0 Å². The van der Waals surface area contributed by atoms with Crippen LogP contribution in [-0.2, 0) is 0 Å². The highest BCUT2D eigenvalue weighted by Crippen LogP contribution is 2.48. The van der Waals surface area contributed by atoms with E-state index in [1.54, 1.807) is 0 Å². The highest BCUT2D eigenvalue weighted by atomic mass is 32.1. The molecule has 0 atom stereocenters. The summed E-state index contributed by atoms with van der Waals surface area (Å²) in [5, 5.41) is 7.27. The summed E-state index contributed by atoms with van der Waals surface area (Å²) in [4.78, 5) is 15.0. The summed E-state index contributed by atoms with van der Waals surface area (Å²) in [5.74, 6) is 1.80.